The van der Waals surface area contributed by atoms with Crippen LogP contribution in [0.4, 0.5) is 13.2 Å². The second-order valence-corrected chi connectivity index (χ2v) is 10.3. The number of benzene rings is 1. The van der Waals surface area contributed by atoms with E-state index in [2.05, 4.69) is 16.0 Å². The summed E-state index contributed by atoms with van der Waals surface area (Å²) in [6.07, 6.45) is -2.50. The molecule has 14 heteroatoms. The number of sulfonamides is 1. The Balaban J connectivity index is 1.68. The number of amides is 3. The first-order chi connectivity index (χ1) is 16.7. The highest BCUT2D eigenvalue weighted by atomic mass is 32.2. The van der Waals surface area contributed by atoms with Gasteiger partial charge < -0.3 is 21.7 Å². The molecule has 3 atom stereocenters. The van der Waals surface area contributed by atoms with Crippen molar-refractivity contribution in [2.24, 2.45) is 16.3 Å². The number of nitrogens with two attached hydrogens (primary N) is 2. The fourth-order valence-corrected chi connectivity index (χ4v) is 4.67. The Labute approximate surface area is 205 Å². The zero-order chi connectivity index (χ0) is 26.7. The van der Waals surface area contributed by atoms with Gasteiger partial charge in [0.1, 0.15) is 0 Å². The van der Waals surface area contributed by atoms with Crippen molar-refractivity contribution in [2.45, 2.75) is 42.4 Å². The number of rotatable bonds is 7. The van der Waals surface area contributed by atoms with Gasteiger partial charge in [-0.1, -0.05) is 18.2 Å². The Hall–Kier alpha value is -3.23. The summed E-state index contributed by atoms with van der Waals surface area (Å²) < 4.78 is 62.4. The van der Waals surface area contributed by atoms with Gasteiger partial charge in [0.25, 0.3) is 5.91 Å². The van der Waals surface area contributed by atoms with E-state index in [9.17, 15) is 36.0 Å². The van der Waals surface area contributed by atoms with E-state index in [1.807, 2.05) is 0 Å². The van der Waals surface area contributed by atoms with Crippen molar-refractivity contribution in [1.82, 2.24) is 16.0 Å². The number of hydrogen-bond acceptors (Lipinski definition) is 6. The van der Waals surface area contributed by atoms with Crippen LogP contribution in [0, 0.1) is 5.41 Å². The monoisotopic (exact) mass is 529 g/mol. The van der Waals surface area contributed by atoms with Crippen LogP contribution in [0.15, 0.2) is 53.0 Å². The summed E-state index contributed by atoms with van der Waals surface area (Å²) in [5.41, 5.74) is 2.77. The van der Waals surface area contributed by atoms with Gasteiger partial charge in [0.15, 0.2) is 0 Å². The summed E-state index contributed by atoms with van der Waals surface area (Å²) in [6, 6.07) is 3.78. The van der Waals surface area contributed by atoms with Gasteiger partial charge in [-0.2, -0.15) is 13.2 Å². The van der Waals surface area contributed by atoms with Gasteiger partial charge in [0.2, 0.25) is 21.8 Å². The quantitative estimate of drug-likeness (QED) is 0.338. The van der Waals surface area contributed by atoms with Crippen molar-refractivity contribution < 1.29 is 36.0 Å². The second kappa shape index (κ2) is 10.4. The molecule has 7 N–H and O–H groups in total. The highest BCUT2D eigenvalue weighted by Gasteiger charge is 2.45. The Morgan fingerprint density at radius 2 is 1.78 bits per heavy atom. The van der Waals surface area contributed by atoms with E-state index in [-0.39, 0.29) is 17.0 Å². The number of nitrogens with one attached hydrogen (secondary N) is 3. The number of primary amides is 1. The minimum atomic E-state index is -4.67. The number of primary sulfonamides is 1. The molecule has 1 fully saturated rings. The summed E-state index contributed by atoms with van der Waals surface area (Å²) in [6.45, 7) is 0.788. The molecule has 36 heavy (non-hydrogen) atoms. The zero-order valence-electron chi connectivity index (χ0n) is 19.0. The first-order valence-electron chi connectivity index (χ1n) is 10.9. The van der Waals surface area contributed by atoms with Crippen LogP contribution in [0.1, 0.15) is 29.6 Å². The van der Waals surface area contributed by atoms with Crippen molar-refractivity contribution in [1.29, 1.82) is 0 Å². The lowest BCUT2D eigenvalue weighted by molar-refractivity contribution is -0.134. The summed E-state index contributed by atoms with van der Waals surface area (Å²) in [5.74, 6) is -2.28. The van der Waals surface area contributed by atoms with E-state index >= 15 is 0 Å². The van der Waals surface area contributed by atoms with E-state index < -0.39 is 69.8 Å². The third-order valence-corrected chi connectivity index (χ3v) is 7.07. The van der Waals surface area contributed by atoms with Crippen LogP contribution in [0.3, 0.4) is 0 Å². The number of carbonyl (C=O) groups excluding carboxylic acids is 3. The third-order valence-electron chi connectivity index (χ3n) is 6.14. The van der Waals surface area contributed by atoms with E-state index in [4.69, 9.17) is 10.9 Å². The van der Waals surface area contributed by atoms with E-state index in [1.54, 1.807) is 0 Å². The second-order valence-electron chi connectivity index (χ2n) is 8.74. The van der Waals surface area contributed by atoms with Crippen LogP contribution in [-0.4, -0.2) is 57.5 Å². The summed E-state index contributed by atoms with van der Waals surface area (Å²) in [7, 11) is -3.92. The van der Waals surface area contributed by atoms with E-state index in [0.717, 1.165) is 12.2 Å². The van der Waals surface area contributed by atoms with Gasteiger partial charge in [-0.15, -0.1) is 0 Å². The molecule has 1 heterocycles. The average molecular weight is 530 g/mol. The van der Waals surface area contributed by atoms with Crippen molar-refractivity contribution in [3.63, 3.8) is 0 Å². The standard InChI is InChI=1S/C22H26F3N5O5S/c23-22(24,25)14-2-1-8-21(10-14,20(26)33)11-18(31)29-16-7-9-28-12-17(16)30-19(32)13-3-5-15(6-4-13)36(27,34)35/h1-6,8,16-17,28H,7,9-12H2,(H2,26,33)(H,29,31)(H,30,32)(H2,27,34,35)/t16-,17+,21?/m1/s1. The molecule has 3 rings (SSSR count). The highest BCUT2D eigenvalue weighted by Crippen LogP contribution is 2.41. The molecule has 196 valence electrons. The minimum absolute atomic E-state index is 0.157. The Kier molecular flexibility index (Phi) is 7.91. The van der Waals surface area contributed by atoms with E-state index in [0.29, 0.717) is 13.0 Å². The first-order valence-corrected chi connectivity index (χ1v) is 12.5. The highest BCUT2D eigenvalue weighted by molar-refractivity contribution is 7.89. The summed E-state index contributed by atoms with van der Waals surface area (Å²) in [5, 5.41) is 13.6. The van der Waals surface area contributed by atoms with E-state index in [1.165, 1.54) is 30.3 Å². The maximum Gasteiger partial charge on any atom is 0.412 e. The Morgan fingerprint density at radius 3 is 2.36 bits per heavy atom. The number of piperidine rings is 1. The third kappa shape index (κ3) is 6.50. The number of carbonyl (C=O) groups is 3. The summed E-state index contributed by atoms with van der Waals surface area (Å²) in [4.78, 5) is 37.5. The predicted octanol–water partition coefficient (Wildman–Crippen LogP) is 0.221. The Morgan fingerprint density at radius 1 is 1.11 bits per heavy atom. The lowest BCUT2D eigenvalue weighted by Crippen LogP contribution is -2.60. The maximum absolute atomic E-state index is 13.2. The van der Waals surface area contributed by atoms with Crippen molar-refractivity contribution in [3.05, 3.63) is 53.6 Å². The van der Waals surface area contributed by atoms with Gasteiger partial charge >= 0.3 is 6.18 Å². The number of alkyl halides is 3. The predicted molar refractivity (Wildman–Crippen MR) is 123 cm³/mol. The van der Waals surface area contributed by atoms with Crippen LogP contribution in [0.2, 0.25) is 0 Å². The topological polar surface area (TPSA) is 173 Å². The molecule has 1 unspecified atom stereocenters. The molecule has 0 spiro atoms. The number of halogens is 3. The fraction of sp³-hybridized carbons (Fsp3) is 0.409. The van der Waals surface area contributed by atoms with Crippen LogP contribution in [0.25, 0.3) is 0 Å². The first kappa shape index (κ1) is 27.4. The van der Waals surface area contributed by atoms with Crippen molar-refractivity contribution >= 4 is 27.7 Å². The molecule has 3 amide bonds. The molecular formula is C22H26F3N5O5S. The van der Waals surface area contributed by atoms with Crippen molar-refractivity contribution in [3.8, 4) is 0 Å². The molecule has 1 aliphatic heterocycles. The van der Waals surface area contributed by atoms with Crippen LogP contribution < -0.4 is 26.8 Å². The van der Waals surface area contributed by atoms with Gasteiger partial charge in [-0.05, 0) is 43.7 Å². The SMILES string of the molecule is NC(=O)C1(CC(=O)N[C@@H]2CCNC[C@@H]2NC(=O)c2ccc(S(N)(=O)=O)cc2)C=CC=C(C(F)(F)F)C1. The largest absolute Gasteiger partial charge is 0.412 e. The van der Waals surface area contributed by atoms with Gasteiger partial charge in [-0.25, -0.2) is 13.6 Å². The van der Waals surface area contributed by atoms with Crippen LogP contribution in [-0.2, 0) is 19.6 Å². The van der Waals surface area contributed by atoms with Crippen LogP contribution in [0.5, 0.6) is 0 Å². The zero-order valence-corrected chi connectivity index (χ0v) is 19.8. The average Bonchev–Trinajstić information content (AvgIpc) is 2.79. The van der Waals surface area contributed by atoms with Gasteiger partial charge in [0, 0.05) is 24.1 Å². The molecule has 10 nitrogen and oxygen atoms in total. The smallest absolute Gasteiger partial charge is 0.369 e. The molecule has 0 aromatic heterocycles. The molecule has 1 aromatic carbocycles. The lowest BCUT2D eigenvalue weighted by Gasteiger charge is -2.35. The number of hydrogen-bond donors (Lipinski definition) is 5. The van der Waals surface area contributed by atoms with Crippen molar-refractivity contribution in [2.75, 3.05) is 13.1 Å². The fourth-order valence-electron chi connectivity index (χ4n) is 4.15. The lowest BCUT2D eigenvalue weighted by atomic mass is 9.74. The molecule has 0 saturated carbocycles. The molecule has 0 bridgehead atoms. The van der Waals surface area contributed by atoms with Gasteiger partial charge in [0.05, 0.1) is 22.4 Å². The molecule has 1 aromatic rings. The molecule has 2 aliphatic rings. The molecule has 0 radical (unpaired) electrons. The Bertz CT molecular complexity index is 1200. The molecule has 1 saturated heterocycles. The molecule has 1 aliphatic carbocycles. The molecular weight excluding hydrogens is 503 g/mol. The summed E-state index contributed by atoms with van der Waals surface area (Å²) >= 11 is 0. The normalized spacial score (nSPS) is 24.5. The maximum atomic E-state index is 13.2. The number of allylic oxidation sites excluding steroid dienone is 3. The van der Waals surface area contributed by atoms with Crippen LogP contribution >= 0.6 is 0 Å². The van der Waals surface area contributed by atoms with Gasteiger partial charge in [-0.3, -0.25) is 14.4 Å². The minimum Gasteiger partial charge on any atom is -0.369 e.